The number of hydrogen-bond donors (Lipinski definition) is 0. The maximum Gasteiger partial charge on any atom is 0.121 e. The molecule has 0 aliphatic rings. The smallest absolute Gasteiger partial charge is 0.121 e. The average Bonchev–Trinajstić information content (AvgIpc) is 3.55. The molecule has 1 radical (unpaired) electrons. The molecule has 0 bridgehead atoms. The molecule has 0 N–H and O–H groups in total. The molecular formula is C43H40IrN2O-2. The van der Waals surface area contributed by atoms with Crippen LogP contribution in [0.15, 0.2) is 108 Å². The summed E-state index contributed by atoms with van der Waals surface area (Å²) >= 11 is 0. The Kier molecular flexibility index (Phi) is 6.06. The van der Waals surface area contributed by atoms with Gasteiger partial charge in [0.05, 0.1) is 5.58 Å². The molecule has 0 amide bonds. The van der Waals surface area contributed by atoms with Crippen LogP contribution in [0.5, 0.6) is 0 Å². The summed E-state index contributed by atoms with van der Waals surface area (Å²) in [5, 5.41) is 1.51. The fourth-order valence-electron chi connectivity index (χ4n) is 5.07. The number of fused-ring (bicyclic) bond motifs is 3. The predicted molar refractivity (Wildman–Crippen MR) is 192 cm³/mol. The summed E-state index contributed by atoms with van der Waals surface area (Å²) in [6, 6.07) is 30.5. The van der Waals surface area contributed by atoms with E-state index < -0.39 is 39.2 Å². The molecule has 3 heterocycles. The number of furan rings is 1. The summed E-state index contributed by atoms with van der Waals surface area (Å²) in [6.45, 7) is -3.54. The van der Waals surface area contributed by atoms with E-state index in [0.29, 0.717) is 50.4 Å². The Morgan fingerprint density at radius 3 is 2.19 bits per heavy atom. The number of aromatic nitrogens is 2. The van der Waals surface area contributed by atoms with E-state index in [9.17, 15) is 0 Å². The Labute approximate surface area is 312 Å². The van der Waals surface area contributed by atoms with Crippen LogP contribution in [0.4, 0.5) is 0 Å². The number of aryl methyl sites for hydroxylation is 4. The molecule has 0 aliphatic heterocycles. The zero-order valence-corrected chi connectivity index (χ0v) is 28.3. The Balaban J connectivity index is 0.000000282. The van der Waals surface area contributed by atoms with Crippen molar-refractivity contribution in [1.29, 1.82) is 0 Å². The van der Waals surface area contributed by atoms with Crippen LogP contribution in [0.3, 0.4) is 0 Å². The van der Waals surface area contributed by atoms with E-state index in [-0.39, 0.29) is 42.4 Å². The van der Waals surface area contributed by atoms with E-state index in [1.54, 1.807) is 60.7 Å². The van der Waals surface area contributed by atoms with Crippen LogP contribution in [-0.2, 0) is 26.5 Å². The van der Waals surface area contributed by atoms with Crippen LogP contribution < -0.4 is 0 Å². The first-order valence-electron chi connectivity index (χ1n) is 21.6. The van der Waals surface area contributed by atoms with Gasteiger partial charge in [0.15, 0.2) is 0 Å². The number of pyridine rings is 2. The van der Waals surface area contributed by atoms with Gasteiger partial charge < -0.3 is 14.4 Å². The summed E-state index contributed by atoms with van der Waals surface area (Å²) in [6.07, 6.45) is 1.04. The third-order valence-electron chi connectivity index (χ3n) is 7.16. The predicted octanol–water partition coefficient (Wildman–Crippen LogP) is 11.5. The van der Waals surface area contributed by atoms with Crippen molar-refractivity contribution in [2.75, 3.05) is 0 Å². The maximum atomic E-state index is 8.57. The Bertz CT molecular complexity index is 2580. The second-order valence-electron chi connectivity index (χ2n) is 11.9. The maximum absolute atomic E-state index is 8.57. The molecule has 0 unspecified atom stereocenters. The first-order valence-corrected chi connectivity index (χ1v) is 14.6. The number of hydrogen-bond acceptors (Lipinski definition) is 3. The van der Waals surface area contributed by atoms with Gasteiger partial charge in [-0.05, 0) is 83.2 Å². The van der Waals surface area contributed by atoms with Crippen molar-refractivity contribution >= 4 is 21.9 Å². The van der Waals surface area contributed by atoms with Crippen LogP contribution >= 0.6 is 0 Å². The largest absolute Gasteiger partial charge is 0.501 e. The zero-order chi connectivity index (χ0) is 44.2. The van der Waals surface area contributed by atoms with Gasteiger partial charge in [-0.15, -0.1) is 53.6 Å². The van der Waals surface area contributed by atoms with Crippen LogP contribution in [0.25, 0.3) is 55.6 Å². The molecule has 0 atom stereocenters. The van der Waals surface area contributed by atoms with Gasteiger partial charge in [-0.2, -0.15) is 0 Å². The molecule has 239 valence electrons. The first-order chi connectivity index (χ1) is 27.7. The van der Waals surface area contributed by atoms with E-state index in [0.717, 1.165) is 10.8 Å². The topological polar surface area (TPSA) is 38.9 Å². The number of rotatable bonds is 4. The minimum absolute atomic E-state index is 0. The molecule has 7 rings (SSSR count). The van der Waals surface area contributed by atoms with Gasteiger partial charge in [0.2, 0.25) is 0 Å². The second kappa shape index (κ2) is 14.2. The molecule has 0 fully saturated rings. The minimum Gasteiger partial charge on any atom is -0.501 e. The van der Waals surface area contributed by atoms with Crippen LogP contribution in [0.1, 0.15) is 67.8 Å². The molecule has 7 aromatic rings. The Morgan fingerprint density at radius 2 is 1.51 bits per heavy atom. The number of benzene rings is 4. The fraction of sp³-hybridized carbons (Fsp3) is 0.209. The van der Waals surface area contributed by atoms with Gasteiger partial charge in [-0.1, -0.05) is 93.2 Å². The Hall–Kier alpha value is -4.37. The normalized spacial score (nSPS) is 17.0. The SMILES string of the molecule is [2H]C([2H])([2H])c1c[c-]c(-c2ccc(C([2H])([2H])[2H])cn2)cc1.[2H]C([2H])([2H])c1ccc2c(c1)oc1c(-c3cc(-c4ccc(C([2H])([2H])C(C)(C)C)cc4)c(C([2H])([2H])[2H])cn3)[c-]ccc12.[Ir]. The molecule has 0 saturated heterocycles. The summed E-state index contributed by atoms with van der Waals surface area (Å²) in [4.78, 5) is 8.54. The monoisotopic (exact) mass is 807 g/mol. The van der Waals surface area contributed by atoms with E-state index in [1.807, 2.05) is 26.8 Å². The van der Waals surface area contributed by atoms with Crippen LogP contribution in [0.2, 0.25) is 0 Å². The van der Waals surface area contributed by atoms with Gasteiger partial charge >= 0.3 is 0 Å². The Morgan fingerprint density at radius 1 is 0.745 bits per heavy atom. The van der Waals surface area contributed by atoms with Crippen molar-refractivity contribution in [3.63, 3.8) is 0 Å². The zero-order valence-electron chi connectivity index (χ0n) is 40.0. The average molecular weight is 807 g/mol. The van der Waals surface area contributed by atoms with Crippen LogP contribution in [0, 0.1) is 45.0 Å². The number of nitrogens with zero attached hydrogens (tertiary/aromatic N) is 2. The minimum atomic E-state index is -2.43. The van der Waals surface area contributed by atoms with E-state index in [1.165, 1.54) is 36.7 Å². The summed E-state index contributed by atoms with van der Waals surface area (Å²) in [5.74, 6) is 0. The molecule has 3 nitrogen and oxygen atoms in total. The molecule has 0 aliphatic carbocycles. The summed E-state index contributed by atoms with van der Waals surface area (Å²) < 4.78 is 114. The van der Waals surface area contributed by atoms with Gasteiger partial charge in [-0.3, -0.25) is 0 Å². The van der Waals surface area contributed by atoms with Gasteiger partial charge in [0, 0.05) is 57.1 Å². The molecule has 0 spiro atoms. The van der Waals surface area contributed by atoms with Crippen molar-refractivity contribution in [3.8, 4) is 33.6 Å². The third kappa shape index (κ3) is 7.96. The van der Waals surface area contributed by atoms with Crippen LogP contribution in [-0.4, -0.2) is 9.97 Å². The molecule has 3 aromatic heterocycles. The molecule has 4 heteroatoms. The van der Waals surface area contributed by atoms with Gasteiger partial charge in [0.25, 0.3) is 0 Å². The third-order valence-corrected chi connectivity index (χ3v) is 7.16. The van der Waals surface area contributed by atoms with E-state index in [4.69, 9.17) is 23.6 Å². The fourth-order valence-corrected chi connectivity index (χ4v) is 5.07. The van der Waals surface area contributed by atoms with E-state index >= 15 is 0 Å². The van der Waals surface area contributed by atoms with Crippen molar-refractivity contribution in [1.82, 2.24) is 9.97 Å². The molecule has 0 saturated carbocycles. The molecular weight excluding hydrogens is 753 g/mol. The van der Waals surface area contributed by atoms with Crippen molar-refractivity contribution in [2.24, 2.45) is 5.41 Å². The van der Waals surface area contributed by atoms with Gasteiger partial charge in [-0.25, -0.2) is 0 Å². The second-order valence-corrected chi connectivity index (χ2v) is 11.9. The first kappa shape index (κ1) is 20.1. The molecule has 47 heavy (non-hydrogen) atoms. The standard InChI is InChI=1S/C30H28NO.C13H12N.Ir/c1-19-9-14-23-24-7-6-8-25(29(24)32-28(23)15-19)27-16-26(20(2)18-31-27)22-12-10-21(11-13-22)17-30(3,4)5;1-10-3-6-12(7-4-10)13-8-5-11(2)9-14-13;/h6-7,9-16,18H,17H2,1-5H3;3-6,8-9H,1-2H3;/q2*-1;/i1D3,2D3,17D2;1D3,2D3;. The summed E-state index contributed by atoms with van der Waals surface area (Å²) in [7, 11) is 0. The summed E-state index contributed by atoms with van der Waals surface area (Å²) in [5.41, 5.74) is 4.57. The quantitative estimate of drug-likeness (QED) is 0.166. The van der Waals surface area contributed by atoms with Gasteiger partial charge in [0.1, 0.15) is 5.58 Å². The van der Waals surface area contributed by atoms with Crippen molar-refractivity contribution in [3.05, 3.63) is 143 Å². The van der Waals surface area contributed by atoms with Crippen molar-refractivity contribution < 1.29 is 43.7 Å². The van der Waals surface area contributed by atoms with E-state index in [2.05, 4.69) is 22.1 Å². The van der Waals surface area contributed by atoms with Crippen molar-refractivity contribution in [2.45, 2.75) is 54.6 Å². The molecule has 4 aromatic carbocycles.